The van der Waals surface area contributed by atoms with Crippen molar-refractivity contribution in [2.45, 2.75) is 43.7 Å². The number of aliphatic hydroxyl groups excluding tert-OH is 1. The second kappa shape index (κ2) is 3.83. The molecule has 2 N–H and O–H groups in total. The summed E-state index contributed by atoms with van der Waals surface area (Å²) < 4.78 is 10.5. The third-order valence-corrected chi connectivity index (χ3v) is 3.05. The van der Waals surface area contributed by atoms with Gasteiger partial charge in [0.2, 0.25) is 0 Å². The summed E-state index contributed by atoms with van der Waals surface area (Å²) >= 11 is 0. The molecule has 2 heterocycles. The van der Waals surface area contributed by atoms with Crippen molar-refractivity contribution in [1.29, 1.82) is 0 Å². The highest BCUT2D eigenvalue weighted by atomic mass is 16.6. The molecule has 4 atom stereocenters. The van der Waals surface area contributed by atoms with Crippen LogP contribution < -0.4 is 0 Å². The maximum atomic E-state index is 11.7. The molecule has 0 saturated carbocycles. The van der Waals surface area contributed by atoms with E-state index in [9.17, 15) is 15.0 Å². The average molecular weight is 216 g/mol. The molecule has 0 amide bonds. The maximum Gasteiger partial charge on any atom is 0.174 e. The third kappa shape index (κ3) is 1.59. The quantitative estimate of drug-likeness (QED) is 0.649. The second-order valence-electron chi connectivity index (χ2n) is 4.19. The van der Waals surface area contributed by atoms with Crippen molar-refractivity contribution in [1.82, 2.24) is 0 Å². The van der Waals surface area contributed by atoms with Crippen LogP contribution in [0.3, 0.4) is 0 Å². The minimum atomic E-state index is -1.56. The van der Waals surface area contributed by atoms with Gasteiger partial charge in [-0.05, 0) is 6.42 Å². The van der Waals surface area contributed by atoms with Gasteiger partial charge in [-0.2, -0.15) is 0 Å². The molecule has 0 aromatic carbocycles. The Morgan fingerprint density at radius 2 is 2.27 bits per heavy atom. The van der Waals surface area contributed by atoms with Crippen LogP contribution in [-0.2, 0) is 14.3 Å². The molecule has 2 rings (SSSR count). The summed E-state index contributed by atoms with van der Waals surface area (Å²) in [6.07, 6.45) is -1.01. The van der Waals surface area contributed by atoms with Gasteiger partial charge in [-0.3, -0.25) is 4.79 Å². The lowest BCUT2D eigenvalue weighted by Crippen LogP contribution is -2.50. The van der Waals surface area contributed by atoms with E-state index in [0.717, 1.165) is 0 Å². The molecule has 0 aromatic rings. The molecule has 5 heteroatoms. The first kappa shape index (κ1) is 11.0. The standard InChI is InChI=1S/C10H16O5/c1-2-3-7(12)10(13)5-15-8-6(11)4-14-9(8)10/h6,8-9,11,13H,2-5H2,1H3/t6-,8+,9-,10-/m0/s1. The van der Waals surface area contributed by atoms with Crippen LogP contribution in [0.5, 0.6) is 0 Å². The molecule has 0 radical (unpaired) electrons. The van der Waals surface area contributed by atoms with Gasteiger partial charge in [0.15, 0.2) is 11.4 Å². The number of aliphatic hydroxyl groups is 2. The molecule has 0 bridgehead atoms. The number of rotatable bonds is 3. The minimum absolute atomic E-state index is 0.0712. The molecule has 0 unspecified atom stereocenters. The van der Waals surface area contributed by atoms with Gasteiger partial charge in [-0.15, -0.1) is 0 Å². The summed E-state index contributed by atoms with van der Waals surface area (Å²) in [5, 5.41) is 19.6. The largest absolute Gasteiger partial charge is 0.388 e. The van der Waals surface area contributed by atoms with Gasteiger partial charge >= 0.3 is 0 Å². The first-order valence-electron chi connectivity index (χ1n) is 5.26. The first-order chi connectivity index (χ1) is 7.09. The predicted molar refractivity (Wildman–Crippen MR) is 50.4 cm³/mol. The van der Waals surface area contributed by atoms with Gasteiger partial charge in [0.1, 0.15) is 18.3 Å². The highest BCUT2D eigenvalue weighted by molar-refractivity contribution is 5.88. The smallest absolute Gasteiger partial charge is 0.174 e. The Morgan fingerprint density at radius 3 is 2.93 bits per heavy atom. The Kier molecular flexibility index (Phi) is 2.81. The van der Waals surface area contributed by atoms with E-state index in [2.05, 4.69) is 0 Å². The SMILES string of the molecule is CCCC(=O)[C@@]1(O)CO[C@@H]2[C@@H](O)CO[C@@H]21. The van der Waals surface area contributed by atoms with Crippen LogP contribution in [-0.4, -0.2) is 53.1 Å². The summed E-state index contributed by atoms with van der Waals surface area (Å²) in [5.74, 6) is -0.258. The molecule has 2 aliphatic heterocycles. The number of carbonyl (C=O) groups excluding carboxylic acids is 1. The molecule has 86 valence electrons. The van der Waals surface area contributed by atoms with Crippen molar-refractivity contribution in [2.75, 3.05) is 13.2 Å². The topological polar surface area (TPSA) is 76.0 Å². The van der Waals surface area contributed by atoms with E-state index < -0.39 is 23.9 Å². The fourth-order valence-corrected chi connectivity index (χ4v) is 2.19. The van der Waals surface area contributed by atoms with Gasteiger partial charge in [-0.1, -0.05) is 6.92 Å². The molecule has 5 nitrogen and oxygen atoms in total. The van der Waals surface area contributed by atoms with Gasteiger partial charge < -0.3 is 19.7 Å². The van der Waals surface area contributed by atoms with Crippen LogP contribution in [0.2, 0.25) is 0 Å². The number of ether oxygens (including phenoxy) is 2. The first-order valence-corrected chi connectivity index (χ1v) is 5.26. The fourth-order valence-electron chi connectivity index (χ4n) is 2.19. The number of hydrogen-bond donors (Lipinski definition) is 2. The van der Waals surface area contributed by atoms with Crippen molar-refractivity contribution >= 4 is 5.78 Å². The van der Waals surface area contributed by atoms with Gasteiger partial charge in [-0.25, -0.2) is 0 Å². The van der Waals surface area contributed by atoms with Crippen molar-refractivity contribution in [3.63, 3.8) is 0 Å². The van der Waals surface area contributed by atoms with E-state index in [0.29, 0.717) is 12.8 Å². The number of carbonyl (C=O) groups is 1. The summed E-state index contributed by atoms with van der Waals surface area (Å²) in [4.78, 5) is 11.7. The molecule has 0 aliphatic carbocycles. The molecule has 2 saturated heterocycles. The van der Waals surface area contributed by atoms with E-state index >= 15 is 0 Å². The average Bonchev–Trinajstić information content (AvgIpc) is 2.72. The number of Topliss-reactive ketones (excluding diaryl/α,β-unsaturated/α-hetero) is 1. The number of hydrogen-bond acceptors (Lipinski definition) is 5. The maximum absolute atomic E-state index is 11.7. The molecule has 15 heavy (non-hydrogen) atoms. The lowest BCUT2D eigenvalue weighted by molar-refractivity contribution is -0.147. The van der Waals surface area contributed by atoms with Crippen LogP contribution in [0.15, 0.2) is 0 Å². The van der Waals surface area contributed by atoms with Crippen LogP contribution in [0.25, 0.3) is 0 Å². The Morgan fingerprint density at radius 1 is 1.53 bits per heavy atom. The van der Waals surface area contributed by atoms with Crippen LogP contribution in [0.4, 0.5) is 0 Å². The molecular formula is C10H16O5. The molecule has 0 aromatic heterocycles. The van der Waals surface area contributed by atoms with Crippen molar-refractivity contribution < 1.29 is 24.5 Å². The van der Waals surface area contributed by atoms with E-state index in [1.165, 1.54) is 0 Å². The molecule has 0 spiro atoms. The molecule has 2 aliphatic rings. The monoisotopic (exact) mass is 216 g/mol. The van der Waals surface area contributed by atoms with Crippen molar-refractivity contribution in [2.24, 2.45) is 0 Å². The summed E-state index contributed by atoms with van der Waals surface area (Å²) in [6.45, 7) is 1.92. The Balaban J connectivity index is 2.13. The Hall–Kier alpha value is -0.490. The minimum Gasteiger partial charge on any atom is -0.388 e. The van der Waals surface area contributed by atoms with Crippen molar-refractivity contribution in [3.05, 3.63) is 0 Å². The summed E-state index contributed by atoms with van der Waals surface area (Å²) in [6, 6.07) is 0. The Bertz CT molecular complexity index is 267. The second-order valence-corrected chi connectivity index (χ2v) is 4.19. The van der Waals surface area contributed by atoms with E-state index in [1.807, 2.05) is 6.92 Å². The number of fused-ring (bicyclic) bond motifs is 1. The van der Waals surface area contributed by atoms with Crippen molar-refractivity contribution in [3.8, 4) is 0 Å². The molecular weight excluding hydrogens is 200 g/mol. The van der Waals surface area contributed by atoms with Gasteiger partial charge in [0, 0.05) is 6.42 Å². The summed E-state index contributed by atoms with van der Waals surface area (Å²) in [5.41, 5.74) is -1.56. The van der Waals surface area contributed by atoms with Gasteiger partial charge in [0.25, 0.3) is 0 Å². The highest BCUT2D eigenvalue weighted by Gasteiger charge is 2.58. The predicted octanol–water partition coefficient (Wildman–Crippen LogP) is -0.755. The third-order valence-electron chi connectivity index (χ3n) is 3.05. The zero-order chi connectivity index (χ0) is 11.1. The number of ketones is 1. The lowest BCUT2D eigenvalue weighted by Gasteiger charge is -2.24. The molecule has 2 fully saturated rings. The van der Waals surface area contributed by atoms with Crippen LogP contribution >= 0.6 is 0 Å². The lowest BCUT2D eigenvalue weighted by atomic mass is 9.89. The van der Waals surface area contributed by atoms with Gasteiger partial charge in [0.05, 0.1) is 13.2 Å². The summed E-state index contributed by atoms with van der Waals surface area (Å²) in [7, 11) is 0. The Labute approximate surface area is 88.0 Å². The zero-order valence-corrected chi connectivity index (χ0v) is 8.68. The van der Waals surface area contributed by atoms with Crippen LogP contribution in [0, 0.1) is 0 Å². The fraction of sp³-hybridized carbons (Fsp3) is 0.900. The zero-order valence-electron chi connectivity index (χ0n) is 8.68. The normalized spacial score (nSPS) is 44.3. The van der Waals surface area contributed by atoms with Crippen LogP contribution in [0.1, 0.15) is 19.8 Å². The van der Waals surface area contributed by atoms with E-state index in [4.69, 9.17) is 9.47 Å². The van der Waals surface area contributed by atoms with E-state index in [1.54, 1.807) is 0 Å². The highest BCUT2D eigenvalue weighted by Crippen LogP contribution is 2.35. The van der Waals surface area contributed by atoms with E-state index in [-0.39, 0.29) is 19.0 Å².